The quantitative estimate of drug-likeness (QED) is 0.331. The Labute approximate surface area is 272 Å². The van der Waals surface area contributed by atoms with Crippen molar-refractivity contribution >= 4 is 22.6 Å². The van der Waals surface area contributed by atoms with Crippen LogP contribution in [-0.4, -0.2) is 79.2 Å². The highest BCUT2D eigenvalue weighted by Crippen LogP contribution is 2.32. The van der Waals surface area contributed by atoms with Gasteiger partial charge in [0.25, 0.3) is 5.91 Å². The normalized spacial score (nSPS) is 21.1. The summed E-state index contributed by atoms with van der Waals surface area (Å²) in [6.07, 6.45) is 4.70. The average Bonchev–Trinajstić information content (AvgIpc) is 3.47. The first-order chi connectivity index (χ1) is 22.2. The van der Waals surface area contributed by atoms with Crippen molar-refractivity contribution in [3.8, 4) is 22.8 Å². The third-order valence-corrected chi connectivity index (χ3v) is 10.7. The lowest BCUT2D eigenvalue weighted by molar-refractivity contribution is -0.128. The van der Waals surface area contributed by atoms with Gasteiger partial charge < -0.3 is 19.9 Å². The van der Waals surface area contributed by atoms with E-state index in [1.54, 1.807) is 17.0 Å². The van der Waals surface area contributed by atoms with E-state index < -0.39 is 22.5 Å². The van der Waals surface area contributed by atoms with E-state index in [1.165, 1.54) is 12.1 Å². The minimum atomic E-state index is -0.689. The zero-order valence-corrected chi connectivity index (χ0v) is 27.4. The first-order valence-electron chi connectivity index (χ1n) is 16.4. The molecule has 0 atom stereocenters. The number of nitrogens with one attached hydrogen (secondary N) is 1. The van der Waals surface area contributed by atoms with Gasteiger partial charge in [0.15, 0.2) is 0 Å². The van der Waals surface area contributed by atoms with Crippen LogP contribution < -0.4 is 10.1 Å². The lowest BCUT2D eigenvalue weighted by Crippen LogP contribution is -2.49. The molecule has 1 aromatic heterocycles. The SMILES string of the molecule is CC(C)c1ccc(-c2ccc(Oc3cc(C(=O)NC4CCN(C5CCS(=O)CC5)CC4)c(F)cc3CN3CCCC3=O)cc2)nn1. The van der Waals surface area contributed by atoms with E-state index in [1.807, 2.05) is 24.3 Å². The molecule has 3 saturated heterocycles. The van der Waals surface area contributed by atoms with Crippen molar-refractivity contribution in [3.05, 3.63) is 71.2 Å². The van der Waals surface area contributed by atoms with Crippen LogP contribution in [0, 0.1) is 5.82 Å². The summed E-state index contributed by atoms with van der Waals surface area (Å²) >= 11 is 0. The number of rotatable bonds is 9. The minimum absolute atomic E-state index is 0.0231. The third-order valence-electron chi connectivity index (χ3n) is 9.32. The molecule has 3 aromatic rings. The summed E-state index contributed by atoms with van der Waals surface area (Å²) in [5, 5.41) is 11.7. The van der Waals surface area contributed by atoms with Crippen molar-refractivity contribution in [2.24, 2.45) is 0 Å². The smallest absolute Gasteiger partial charge is 0.254 e. The van der Waals surface area contributed by atoms with E-state index >= 15 is 4.39 Å². The van der Waals surface area contributed by atoms with Gasteiger partial charge in [0.05, 0.1) is 17.0 Å². The summed E-state index contributed by atoms with van der Waals surface area (Å²) in [6, 6.07) is 14.5. The summed E-state index contributed by atoms with van der Waals surface area (Å²) in [7, 11) is -0.689. The van der Waals surface area contributed by atoms with Gasteiger partial charge in [-0.05, 0) is 86.6 Å². The van der Waals surface area contributed by atoms with Crippen molar-refractivity contribution < 1.29 is 22.9 Å². The van der Waals surface area contributed by atoms with Gasteiger partial charge in [0, 0.05) is 78.1 Å². The van der Waals surface area contributed by atoms with Gasteiger partial charge in [-0.25, -0.2) is 4.39 Å². The number of piperidine rings is 1. The molecule has 2 amide bonds. The fourth-order valence-corrected chi connectivity index (χ4v) is 7.78. The molecule has 3 fully saturated rings. The number of hydrogen-bond acceptors (Lipinski definition) is 7. The Morgan fingerprint density at radius 3 is 2.39 bits per heavy atom. The van der Waals surface area contributed by atoms with Crippen LogP contribution in [0.25, 0.3) is 11.3 Å². The molecule has 4 heterocycles. The number of carbonyl (C=O) groups excluding carboxylic acids is 2. The molecule has 0 bridgehead atoms. The molecule has 0 spiro atoms. The Hall–Kier alpha value is -3.70. The number of benzene rings is 2. The highest BCUT2D eigenvalue weighted by Gasteiger charge is 2.30. The molecule has 244 valence electrons. The van der Waals surface area contributed by atoms with Gasteiger partial charge in [0.2, 0.25) is 5.91 Å². The first-order valence-corrected chi connectivity index (χ1v) is 17.8. The standard InChI is InChI=1S/C35H42FN5O4S/c1-23(2)31-9-10-32(39-38-31)24-5-7-28(8-6-24)45-33-21-29(30(36)20-25(33)22-41-15-3-4-34(41)42)35(43)37-26-11-16-40(17-12-26)27-13-18-46(44)19-14-27/h5-10,20-21,23,26-27H,3-4,11-19,22H2,1-2H3,(H,37,43). The molecule has 0 unspecified atom stereocenters. The summed E-state index contributed by atoms with van der Waals surface area (Å²) in [5.41, 5.74) is 2.97. The van der Waals surface area contributed by atoms with E-state index in [4.69, 9.17) is 4.74 Å². The van der Waals surface area contributed by atoms with Gasteiger partial charge in [-0.2, -0.15) is 10.2 Å². The average molecular weight is 648 g/mol. The maximum atomic E-state index is 15.5. The Kier molecular flexibility index (Phi) is 10.1. The van der Waals surface area contributed by atoms with Crippen LogP contribution in [0.3, 0.4) is 0 Å². The topological polar surface area (TPSA) is 105 Å². The van der Waals surface area contributed by atoms with E-state index in [0.717, 1.165) is 73.7 Å². The number of halogens is 1. The van der Waals surface area contributed by atoms with Gasteiger partial charge in [-0.3, -0.25) is 13.8 Å². The second kappa shape index (κ2) is 14.4. The van der Waals surface area contributed by atoms with Crippen LogP contribution in [0.4, 0.5) is 4.39 Å². The predicted octanol–water partition coefficient (Wildman–Crippen LogP) is 5.43. The Balaban J connectivity index is 1.16. The molecule has 6 rings (SSSR count). The number of likely N-dealkylation sites (tertiary alicyclic amines) is 2. The number of carbonyl (C=O) groups is 2. The summed E-state index contributed by atoms with van der Waals surface area (Å²) in [6.45, 7) is 6.65. The monoisotopic (exact) mass is 647 g/mol. The van der Waals surface area contributed by atoms with Crippen LogP contribution in [-0.2, 0) is 22.1 Å². The Morgan fingerprint density at radius 2 is 1.76 bits per heavy atom. The van der Waals surface area contributed by atoms with Crippen LogP contribution in [0.2, 0.25) is 0 Å². The van der Waals surface area contributed by atoms with Gasteiger partial charge in [-0.15, -0.1) is 0 Å². The van der Waals surface area contributed by atoms with Crippen LogP contribution in [0.5, 0.6) is 11.5 Å². The summed E-state index contributed by atoms with van der Waals surface area (Å²) in [4.78, 5) is 29.9. The lowest BCUT2D eigenvalue weighted by Gasteiger charge is -2.39. The fraction of sp³-hybridized carbons (Fsp3) is 0.486. The zero-order valence-electron chi connectivity index (χ0n) is 26.5. The van der Waals surface area contributed by atoms with Crippen molar-refractivity contribution in [1.82, 2.24) is 25.3 Å². The van der Waals surface area contributed by atoms with Crippen LogP contribution in [0.1, 0.15) is 79.9 Å². The molecule has 1 N–H and O–H groups in total. The number of aromatic nitrogens is 2. The van der Waals surface area contributed by atoms with Crippen molar-refractivity contribution in [1.29, 1.82) is 0 Å². The molecular weight excluding hydrogens is 605 g/mol. The first kappa shape index (κ1) is 32.2. The number of nitrogens with zero attached hydrogens (tertiary/aromatic N) is 4. The molecule has 0 aliphatic carbocycles. The Morgan fingerprint density at radius 1 is 1.02 bits per heavy atom. The molecule has 11 heteroatoms. The second-order valence-corrected chi connectivity index (χ2v) is 14.5. The van der Waals surface area contributed by atoms with Gasteiger partial charge >= 0.3 is 0 Å². The van der Waals surface area contributed by atoms with Crippen LogP contribution >= 0.6 is 0 Å². The number of amides is 2. The molecule has 3 aliphatic rings. The maximum Gasteiger partial charge on any atom is 0.254 e. The third kappa shape index (κ3) is 7.63. The molecule has 46 heavy (non-hydrogen) atoms. The lowest BCUT2D eigenvalue weighted by atomic mass is 10.00. The molecule has 0 saturated carbocycles. The second-order valence-electron chi connectivity index (χ2n) is 12.8. The summed E-state index contributed by atoms with van der Waals surface area (Å²) < 4.78 is 33.6. The summed E-state index contributed by atoms with van der Waals surface area (Å²) in [5.74, 6) is 1.57. The predicted molar refractivity (Wildman–Crippen MR) is 176 cm³/mol. The van der Waals surface area contributed by atoms with E-state index in [9.17, 15) is 13.8 Å². The highest BCUT2D eigenvalue weighted by atomic mass is 32.2. The number of hydrogen-bond donors (Lipinski definition) is 1. The highest BCUT2D eigenvalue weighted by molar-refractivity contribution is 7.85. The van der Waals surface area contributed by atoms with Gasteiger partial charge in [-0.1, -0.05) is 13.8 Å². The Bertz CT molecular complexity index is 1570. The molecule has 2 aromatic carbocycles. The van der Waals surface area contributed by atoms with Crippen LogP contribution in [0.15, 0.2) is 48.5 Å². The maximum absolute atomic E-state index is 15.5. The largest absolute Gasteiger partial charge is 0.457 e. The number of ether oxygens (including phenoxy) is 1. The van der Waals surface area contributed by atoms with E-state index in [2.05, 4.69) is 34.3 Å². The van der Waals surface area contributed by atoms with Crippen molar-refractivity contribution in [2.75, 3.05) is 31.1 Å². The zero-order chi connectivity index (χ0) is 32.2. The molecule has 9 nitrogen and oxygen atoms in total. The van der Waals surface area contributed by atoms with E-state index in [-0.39, 0.29) is 24.1 Å². The van der Waals surface area contributed by atoms with Crippen molar-refractivity contribution in [3.63, 3.8) is 0 Å². The minimum Gasteiger partial charge on any atom is -0.457 e. The molecular formula is C35H42FN5O4S. The van der Waals surface area contributed by atoms with E-state index in [0.29, 0.717) is 42.0 Å². The fourth-order valence-electron chi connectivity index (χ4n) is 6.51. The molecule has 0 radical (unpaired) electrons. The van der Waals surface area contributed by atoms with Crippen molar-refractivity contribution in [2.45, 2.75) is 76.9 Å². The molecule has 3 aliphatic heterocycles. The van der Waals surface area contributed by atoms with Gasteiger partial charge in [0.1, 0.15) is 17.3 Å².